The van der Waals surface area contributed by atoms with Gasteiger partial charge in [0.25, 0.3) is 0 Å². The maximum Gasteiger partial charge on any atom is 0.0278 e. The molecule has 0 radical (unpaired) electrons. The minimum Gasteiger partial charge on any atom is -0.309 e. The molecule has 0 aromatic rings. The first-order valence-corrected chi connectivity index (χ1v) is 7.87. The summed E-state index contributed by atoms with van der Waals surface area (Å²) in [7, 11) is 0. The summed E-state index contributed by atoms with van der Waals surface area (Å²) in [6, 6.07) is 0. The van der Waals surface area contributed by atoms with Crippen LogP contribution < -0.4 is 5.32 Å². The van der Waals surface area contributed by atoms with Gasteiger partial charge in [-0.1, -0.05) is 39.0 Å². The molecule has 1 saturated heterocycles. The van der Waals surface area contributed by atoms with Crippen LogP contribution in [0.2, 0.25) is 0 Å². The first kappa shape index (κ1) is 16.0. The van der Waals surface area contributed by atoms with Crippen molar-refractivity contribution in [2.75, 3.05) is 19.6 Å². The van der Waals surface area contributed by atoms with Gasteiger partial charge in [0.2, 0.25) is 0 Å². The summed E-state index contributed by atoms with van der Waals surface area (Å²) in [5.41, 5.74) is 0.594. The molecule has 2 nitrogen and oxygen atoms in total. The van der Waals surface area contributed by atoms with E-state index in [0.717, 1.165) is 6.54 Å². The molecule has 0 atom stereocenters. The Balaban J connectivity index is 2.25. The lowest BCUT2D eigenvalue weighted by Gasteiger charge is -2.49. The van der Waals surface area contributed by atoms with Gasteiger partial charge in [-0.25, -0.2) is 0 Å². The van der Waals surface area contributed by atoms with Crippen molar-refractivity contribution in [2.24, 2.45) is 0 Å². The number of hydrogen-bond donors (Lipinski definition) is 1. The van der Waals surface area contributed by atoms with Crippen molar-refractivity contribution >= 4 is 0 Å². The fraction of sp³-hybridized carbons (Fsp3) is 1.00. The van der Waals surface area contributed by atoms with E-state index in [4.69, 9.17) is 0 Å². The molecule has 1 rings (SSSR count). The molecular weight excluding hydrogens is 220 g/mol. The van der Waals surface area contributed by atoms with Crippen LogP contribution in [0, 0.1) is 0 Å². The maximum absolute atomic E-state index is 3.66. The summed E-state index contributed by atoms with van der Waals surface area (Å²) >= 11 is 0. The van der Waals surface area contributed by atoms with Gasteiger partial charge in [0.15, 0.2) is 0 Å². The van der Waals surface area contributed by atoms with Gasteiger partial charge in [-0.2, -0.15) is 0 Å². The van der Waals surface area contributed by atoms with Gasteiger partial charge in [-0.3, -0.25) is 4.90 Å². The second kappa shape index (κ2) is 6.91. The van der Waals surface area contributed by atoms with Crippen LogP contribution in [0.5, 0.6) is 0 Å². The minimum atomic E-state index is 0.276. The molecule has 0 amide bonds. The standard InChI is InChI=1S/C16H34N2/c1-6-7-8-9-10-11-12-18-14-15(2,3)17-13-16(18,4)5/h17H,6-14H2,1-5H3. The van der Waals surface area contributed by atoms with Crippen molar-refractivity contribution in [3.63, 3.8) is 0 Å². The van der Waals surface area contributed by atoms with Crippen LogP contribution in [-0.4, -0.2) is 35.6 Å². The third-order valence-electron chi connectivity index (χ3n) is 4.22. The van der Waals surface area contributed by atoms with Gasteiger partial charge in [0.1, 0.15) is 0 Å². The van der Waals surface area contributed by atoms with Crippen molar-refractivity contribution in [1.29, 1.82) is 0 Å². The molecule has 0 aliphatic carbocycles. The van der Waals surface area contributed by atoms with E-state index in [0.29, 0.717) is 5.54 Å². The normalized spacial score (nSPS) is 23.2. The van der Waals surface area contributed by atoms with E-state index in [1.807, 2.05) is 0 Å². The predicted molar refractivity (Wildman–Crippen MR) is 81.1 cm³/mol. The maximum atomic E-state index is 3.66. The lowest BCUT2D eigenvalue weighted by molar-refractivity contribution is 0.0379. The number of nitrogens with one attached hydrogen (secondary N) is 1. The summed E-state index contributed by atoms with van der Waals surface area (Å²) in [6.45, 7) is 15.2. The largest absolute Gasteiger partial charge is 0.309 e. The van der Waals surface area contributed by atoms with Crippen molar-refractivity contribution in [3.8, 4) is 0 Å². The Labute approximate surface area is 115 Å². The molecule has 1 fully saturated rings. The van der Waals surface area contributed by atoms with Crippen LogP contribution >= 0.6 is 0 Å². The van der Waals surface area contributed by atoms with Gasteiger partial charge >= 0.3 is 0 Å². The SMILES string of the molecule is CCCCCCCCN1CC(C)(C)NCC1(C)C. The third-order valence-corrected chi connectivity index (χ3v) is 4.22. The van der Waals surface area contributed by atoms with Gasteiger partial charge in [-0.15, -0.1) is 0 Å². The molecule has 2 heteroatoms. The minimum absolute atomic E-state index is 0.276. The Hall–Kier alpha value is -0.0800. The molecular formula is C16H34N2. The smallest absolute Gasteiger partial charge is 0.0278 e. The lowest BCUT2D eigenvalue weighted by Crippen LogP contribution is -2.66. The molecule has 0 aromatic heterocycles. The van der Waals surface area contributed by atoms with Crippen LogP contribution in [0.1, 0.15) is 73.1 Å². The van der Waals surface area contributed by atoms with Crippen molar-refractivity contribution in [3.05, 3.63) is 0 Å². The molecule has 0 saturated carbocycles. The van der Waals surface area contributed by atoms with E-state index in [1.165, 1.54) is 51.6 Å². The van der Waals surface area contributed by atoms with Crippen molar-refractivity contribution in [2.45, 2.75) is 84.2 Å². The topological polar surface area (TPSA) is 15.3 Å². The van der Waals surface area contributed by atoms with Gasteiger partial charge in [-0.05, 0) is 40.7 Å². The first-order valence-electron chi connectivity index (χ1n) is 7.87. The van der Waals surface area contributed by atoms with Crippen LogP contribution in [-0.2, 0) is 0 Å². The molecule has 1 aliphatic heterocycles. The van der Waals surface area contributed by atoms with Gasteiger partial charge in [0.05, 0.1) is 0 Å². The molecule has 108 valence electrons. The summed E-state index contributed by atoms with van der Waals surface area (Å²) in [5.74, 6) is 0. The highest BCUT2D eigenvalue weighted by Crippen LogP contribution is 2.23. The first-order chi connectivity index (χ1) is 8.37. The quantitative estimate of drug-likeness (QED) is 0.695. The molecule has 0 bridgehead atoms. The second-order valence-corrected chi connectivity index (χ2v) is 7.24. The van der Waals surface area contributed by atoms with E-state index in [-0.39, 0.29) is 5.54 Å². The van der Waals surface area contributed by atoms with E-state index in [9.17, 15) is 0 Å². The number of unbranched alkanes of at least 4 members (excludes halogenated alkanes) is 5. The van der Waals surface area contributed by atoms with Crippen molar-refractivity contribution in [1.82, 2.24) is 10.2 Å². The lowest BCUT2D eigenvalue weighted by atomic mass is 9.91. The number of rotatable bonds is 7. The monoisotopic (exact) mass is 254 g/mol. The molecule has 18 heavy (non-hydrogen) atoms. The predicted octanol–water partition coefficient (Wildman–Crippen LogP) is 3.81. The van der Waals surface area contributed by atoms with Gasteiger partial charge in [0, 0.05) is 24.2 Å². The summed E-state index contributed by atoms with van der Waals surface area (Å²) in [5, 5.41) is 3.66. The fourth-order valence-electron chi connectivity index (χ4n) is 2.78. The van der Waals surface area contributed by atoms with Crippen LogP contribution in [0.25, 0.3) is 0 Å². The summed E-state index contributed by atoms with van der Waals surface area (Å²) in [4.78, 5) is 2.68. The Bertz CT molecular complexity index is 233. The highest BCUT2D eigenvalue weighted by molar-refractivity contribution is 4.97. The molecule has 0 unspecified atom stereocenters. The van der Waals surface area contributed by atoms with E-state index >= 15 is 0 Å². The van der Waals surface area contributed by atoms with E-state index in [1.54, 1.807) is 0 Å². The van der Waals surface area contributed by atoms with E-state index < -0.39 is 0 Å². The zero-order valence-corrected chi connectivity index (χ0v) is 13.3. The summed E-state index contributed by atoms with van der Waals surface area (Å²) in [6.07, 6.45) is 8.37. The highest BCUT2D eigenvalue weighted by atomic mass is 15.3. The average molecular weight is 254 g/mol. The Kier molecular flexibility index (Phi) is 6.13. The average Bonchev–Trinajstić information content (AvgIpc) is 2.28. The molecule has 1 aliphatic rings. The fourth-order valence-corrected chi connectivity index (χ4v) is 2.78. The molecule has 1 N–H and O–H groups in total. The molecule has 0 aromatic carbocycles. The molecule has 0 spiro atoms. The van der Waals surface area contributed by atoms with Gasteiger partial charge < -0.3 is 5.32 Å². The zero-order chi connectivity index (χ0) is 13.6. The second-order valence-electron chi connectivity index (χ2n) is 7.24. The van der Waals surface area contributed by atoms with Crippen LogP contribution in [0.15, 0.2) is 0 Å². The Morgan fingerprint density at radius 3 is 2.22 bits per heavy atom. The third kappa shape index (κ3) is 5.27. The van der Waals surface area contributed by atoms with Crippen LogP contribution in [0.4, 0.5) is 0 Å². The highest BCUT2D eigenvalue weighted by Gasteiger charge is 2.36. The number of nitrogens with zero attached hydrogens (tertiary/aromatic N) is 1. The number of hydrogen-bond acceptors (Lipinski definition) is 2. The molecule has 1 heterocycles. The zero-order valence-electron chi connectivity index (χ0n) is 13.3. The Morgan fingerprint density at radius 2 is 1.56 bits per heavy atom. The number of piperazine rings is 1. The van der Waals surface area contributed by atoms with Crippen molar-refractivity contribution < 1.29 is 0 Å². The van der Waals surface area contributed by atoms with E-state index in [2.05, 4.69) is 44.8 Å². The van der Waals surface area contributed by atoms with Crippen LogP contribution in [0.3, 0.4) is 0 Å². The summed E-state index contributed by atoms with van der Waals surface area (Å²) < 4.78 is 0. The Morgan fingerprint density at radius 1 is 0.944 bits per heavy atom.